The number of benzene rings is 2. The molecule has 1 aromatic heterocycles. The number of hydrogen-bond acceptors (Lipinski definition) is 4. The van der Waals surface area contributed by atoms with Gasteiger partial charge >= 0.3 is 0 Å². The smallest absolute Gasteiger partial charge is 0.194 e. The van der Waals surface area contributed by atoms with Crippen molar-refractivity contribution in [3.8, 4) is 5.75 Å². The molecule has 0 spiro atoms. The van der Waals surface area contributed by atoms with Crippen LogP contribution in [0.2, 0.25) is 0 Å². The minimum Gasteiger partial charge on any atom is -0.495 e. The number of guanidine groups is 1. The van der Waals surface area contributed by atoms with Crippen LogP contribution in [0.1, 0.15) is 11.1 Å². The van der Waals surface area contributed by atoms with E-state index in [0.29, 0.717) is 0 Å². The van der Waals surface area contributed by atoms with E-state index < -0.39 is 0 Å². The number of aliphatic imine (C=N–C) groups is 1. The molecule has 0 bridgehead atoms. The molecule has 0 atom stereocenters. The molecule has 0 aliphatic carbocycles. The van der Waals surface area contributed by atoms with Crippen molar-refractivity contribution in [2.75, 3.05) is 45.2 Å². The van der Waals surface area contributed by atoms with E-state index in [1.165, 1.54) is 11.1 Å². The van der Waals surface area contributed by atoms with Gasteiger partial charge in [0, 0.05) is 52.2 Å². The largest absolute Gasteiger partial charge is 0.495 e. The monoisotopic (exact) mass is 418 g/mol. The summed E-state index contributed by atoms with van der Waals surface area (Å²) in [5, 5.41) is 7.82. The Morgan fingerprint density at radius 2 is 1.84 bits per heavy atom. The number of para-hydroxylation sites is 2. The van der Waals surface area contributed by atoms with Crippen LogP contribution in [0.15, 0.2) is 72.0 Å². The van der Waals surface area contributed by atoms with Crippen LogP contribution in [0.4, 0.5) is 5.69 Å². The van der Waals surface area contributed by atoms with E-state index >= 15 is 0 Å². The fraction of sp³-hybridized carbons (Fsp3) is 0.333. The SMILES string of the molecule is CN=C(NCc1cccc(Cn2cccn2)c1)N1CCN(c2ccccc2OC)CC1. The molecule has 1 aliphatic rings. The lowest BCUT2D eigenvalue weighted by Crippen LogP contribution is -2.52. The third kappa shape index (κ3) is 5.17. The van der Waals surface area contributed by atoms with Crippen LogP contribution in [0.3, 0.4) is 0 Å². The van der Waals surface area contributed by atoms with Crippen molar-refractivity contribution in [1.82, 2.24) is 20.0 Å². The Morgan fingerprint density at radius 1 is 1.03 bits per heavy atom. The number of piperazine rings is 1. The van der Waals surface area contributed by atoms with E-state index in [9.17, 15) is 0 Å². The van der Waals surface area contributed by atoms with Gasteiger partial charge in [0.05, 0.1) is 19.3 Å². The van der Waals surface area contributed by atoms with E-state index in [1.807, 2.05) is 42.3 Å². The second-order valence-corrected chi connectivity index (χ2v) is 7.57. The molecule has 2 aromatic carbocycles. The summed E-state index contributed by atoms with van der Waals surface area (Å²) in [4.78, 5) is 9.21. The Labute approximate surface area is 184 Å². The highest BCUT2D eigenvalue weighted by molar-refractivity contribution is 5.80. The predicted molar refractivity (Wildman–Crippen MR) is 125 cm³/mol. The Bertz CT molecular complexity index is 993. The van der Waals surface area contributed by atoms with Crippen LogP contribution < -0.4 is 15.0 Å². The summed E-state index contributed by atoms with van der Waals surface area (Å²) in [6.07, 6.45) is 3.79. The van der Waals surface area contributed by atoms with Gasteiger partial charge in [0.2, 0.25) is 0 Å². The number of nitrogens with zero attached hydrogens (tertiary/aromatic N) is 5. The van der Waals surface area contributed by atoms with Gasteiger partial charge in [0.1, 0.15) is 5.75 Å². The molecule has 31 heavy (non-hydrogen) atoms. The minimum atomic E-state index is 0.742. The standard InChI is InChI=1S/C24H30N6O/c1-25-24(26-18-20-7-5-8-21(17-20)19-30-12-6-11-27-30)29-15-13-28(14-16-29)22-9-3-4-10-23(22)31-2/h3-12,17H,13-16,18-19H2,1-2H3,(H,25,26). The van der Waals surface area contributed by atoms with Gasteiger partial charge in [-0.15, -0.1) is 0 Å². The summed E-state index contributed by atoms with van der Waals surface area (Å²) in [6, 6.07) is 18.8. The number of ether oxygens (including phenoxy) is 1. The van der Waals surface area contributed by atoms with Crippen molar-refractivity contribution in [3.63, 3.8) is 0 Å². The van der Waals surface area contributed by atoms with E-state index in [-0.39, 0.29) is 0 Å². The molecule has 1 saturated heterocycles. The second-order valence-electron chi connectivity index (χ2n) is 7.57. The molecule has 7 nitrogen and oxygen atoms in total. The third-order valence-electron chi connectivity index (χ3n) is 5.56. The first kappa shape index (κ1) is 20.8. The van der Waals surface area contributed by atoms with Gasteiger partial charge in [-0.25, -0.2) is 0 Å². The molecular formula is C24H30N6O. The lowest BCUT2D eigenvalue weighted by molar-refractivity contribution is 0.367. The molecule has 0 unspecified atom stereocenters. The zero-order valence-corrected chi connectivity index (χ0v) is 18.2. The van der Waals surface area contributed by atoms with Gasteiger partial charge in [-0.2, -0.15) is 5.10 Å². The predicted octanol–water partition coefficient (Wildman–Crippen LogP) is 2.84. The molecule has 1 N–H and O–H groups in total. The molecule has 162 valence electrons. The van der Waals surface area contributed by atoms with Crippen LogP contribution in [0.25, 0.3) is 0 Å². The van der Waals surface area contributed by atoms with Crippen LogP contribution in [-0.2, 0) is 13.1 Å². The highest BCUT2D eigenvalue weighted by atomic mass is 16.5. The summed E-state index contributed by atoms with van der Waals surface area (Å²) in [5.41, 5.74) is 3.63. The molecule has 2 heterocycles. The van der Waals surface area contributed by atoms with Crippen molar-refractivity contribution < 1.29 is 4.74 Å². The average Bonchev–Trinajstić information content (AvgIpc) is 3.33. The summed E-state index contributed by atoms with van der Waals surface area (Å²) in [6.45, 7) is 5.21. The van der Waals surface area contributed by atoms with Gasteiger partial charge < -0.3 is 19.9 Å². The second kappa shape index (κ2) is 10.0. The highest BCUT2D eigenvalue weighted by Crippen LogP contribution is 2.28. The zero-order valence-electron chi connectivity index (χ0n) is 18.2. The first-order valence-electron chi connectivity index (χ1n) is 10.7. The van der Waals surface area contributed by atoms with E-state index in [4.69, 9.17) is 4.74 Å². The maximum atomic E-state index is 5.53. The minimum absolute atomic E-state index is 0.742. The molecule has 3 aromatic rings. The molecule has 4 rings (SSSR count). The molecule has 1 fully saturated rings. The molecule has 1 aliphatic heterocycles. The summed E-state index contributed by atoms with van der Waals surface area (Å²) < 4.78 is 7.46. The van der Waals surface area contributed by atoms with Gasteiger partial charge in [-0.3, -0.25) is 9.67 Å². The zero-order chi connectivity index (χ0) is 21.5. The lowest BCUT2D eigenvalue weighted by Gasteiger charge is -2.38. The van der Waals surface area contributed by atoms with Crippen molar-refractivity contribution in [2.45, 2.75) is 13.1 Å². The quantitative estimate of drug-likeness (QED) is 0.493. The highest BCUT2D eigenvalue weighted by Gasteiger charge is 2.21. The Kier molecular flexibility index (Phi) is 6.72. The maximum Gasteiger partial charge on any atom is 0.194 e. The molecule has 0 radical (unpaired) electrons. The number of anilines is 1. The van der Waals surface area contributed by atoms with Crippen LogP contribution in [-0.4, -0.2) is 61.0 Å². The van der Waals surface area contributed by atoms with Gasteiger partial charge in [0.15, 0.2) is 5.96 Å². The number of rotatable bonds is 6. The van der Waals surface area contributed by atoms with Crippen LogP contribution >= 0.6 is 0 Å². The van der Waals surface area contributed by atoms with Gasteiger partial charge in [-0.1, -0.05) is 36.4 Å². The van der Waals surface area contributed by atoms with Crippen LogP contribution in [0, 0.1) is 0 Å². The summed E-state index contributed by atoms with van der Waals surface area (Å²) in [7, 11) is 3.58. The molecular weight excluding hydrogens is 388 g/mol. The van der Waals surface area contributed by atoms with Crippen molar-refractivity contribution in [3.05, 3.63) is 78.1 Å². The summed E-state index contributed by atoms with van der Waals surface area (Å²) in [5.74, 6) is 1.87. The first-order valence-corrected chi connectivity index (χ1v) is 10.7. The van der Waals surface area contributed by atoms with Gasteiger partial charge in [-0.05, 0) is 29.3 Å². The van der Waals surface area contributed by atoms with E-state index in [0.717, 1.165) is 56.7 Å². The first-order chi connectivity index (χ1) is 15.3. The fourth-order valence-corrected chi connectivity index (χ4v) is 3.98. The Morgan fingerprint density at radius 3 is 2.58 bits per heavy atom. The van der Waals surface area contributed by atoms with E-state index in [1.54, 1.807) is 7.11 Å². The van der Waals surface area contributed by atoms with E-state index in [2.05, 4.69) is 61.6 Å². The number of aromatic nitrogens is 2. The Balaban J connectivity index is 1.32. The van der Waals surface area contributed by atoms with Crippen molar-refractivity contribution >= 4 is 11.6 Å². The molecule has 0 amide bonds. The maximum absolute atomic E-state index is 5.53. The summed E-state index contributed by atoms with van der Waals surface area (Å²) >= 11 is 0. The van der Waals surface area contributed by atoms with Gasteiger partial charge in [0.25, 0.3) is 0 Å². The molecule has 7 heteroatoms. The van der Waals surface area contributed by atoms with Crippen molar-refractivity contribution in [1.29, 1.82) is 0 Å². The Hall–Kier alpha value is -3.48. The number of nitrogens with one attached hydrogen (secondary N) is 1. The van der Waals surface area contributed by atoms with Crippen molar-refractivity contribution in [2.24, 2.45) is 4.99 Å². The topological polar surface area (TPSA) is 57.9 Å². The molecule has 0 saturated carbocycles. The lowest BCUT2D eigenvalue weighted by atomic mass is 10.1. The number of hydrogen-bond donors (Lipinski definition) is 1. The third-order valence-corrected chi connectivity index (χ3v) is 5.56. The average molecular weight is 419 g/mol. The normalized spacial score (nSPS) is 14.6. The van der Waals surface area contributed by atoms with Crippen LogP contribution in [0.5, 0.6) is 5.75 Å². The number of methoxy groups -OCH3 is 1. The fourth-order valence-electron chi connectivity index (χ4n) is 3.98.